The van der Waals surface area contributed by atoms with Gasteiger partial charge < -0.3 is 11.1 Å². The monoisotopic (exact) mass is 170 g/mol. The Bertz CT molecular complexity index is 138. The average molecular weight is 170 g/mol. The third-order valence-corrected chi connectivity index (χ3v) is 2.71. The quantitative estimate of drug-likeness (QED) is 0.604. The van der Waals surface area contributed by atoms with Gasteiger partial charge in [0, 0.05) is 6.54 Å². The summed E-state index contributed by atoms with van der Waals surface area (Å²) in [6.45, 7) is 1.64. The fourth-order valence-electron chi connectivity index (χ4n) is 2.02. The van der Waals surface area contributed by atoms with E-state index in [2.05, 4.69) is 5.32 Å². The fourth-order valence-corrected chi connectivity index (χ4v) is 2.02. The lowest BCUT2D eigenvalue weighted by atomic mass is 9.81. The van der Waals surface area contributed by atoms with Crippen LogP contribution in [0.2, 0.25) is 0 Å². The zero-order valence-corrected chi connectivity index (χ0v) is 7.46. The molecule has 2 atom stereocenters. The molecule has 0 aromatic heterocycles. The van der Waals surface area contributed by atoms with Gasteiger partial charge in [0.2, 0.25) is 6.41 Å². The highest BCUT2D eigenvalue weighted by molar-refractivity contribution is 5.45. The first kappa shape index (κ1) is 9.52. The van der Waals surface area contributed by atoms with Crippen LogP contribution in [0.25, 0.3) is 0 Å². The van der Waals surface area contributed by atoms with Crippen LogP contribution in [0, 0.1) is 11.8 Å². The van der Waals surface area contributed by atoms with Gasteiger partial charge in [-0.3, -0.25) is 4.79 Å². The van der Waals surface area contributed by atoms with Gasteiger partial charge in [0.05, 0.1) is 0 Å². The van der Waals surface area contributed by atoms with Crippen molar-refractivity contribution < 1.29 is 4.79 Å². The predicted octanol–water partition coefficient (Wildman–Crippen LogP) is 0.497. The molecule has 0 bridgehead atoms. The summed E-state index contributed by atoms with van der Waals surface area (Å²) in [6, 6.07) is 0. The summed E-state index contributed by atoms with van der Waals surface area (Å²) in [7, 11) is 0. The molecule has 0 aliphatic heterocycles. The summed E-state index contributed by atoms with van der Waals surface area (Å²) in [5, 5.41) is 2.74. The van der Waals surface area contributed by atoms with Crippen LogP contribution in [0.5, 0.6) is 0 Å². The SMILES string of the molecule is NCC1CCCC(CNC=O)C1. The van der Waals surface area contributed by atoms with Crippen LogP contribution in [0.1, 0.15) is 25.7 Å². The molecule has 0 aromatic carbocycles. The van der Waals surface area contributed by atoms with Crippen LogP contribution in [0.4, 0.5) is 0 Å². The van der Waals surface area contributed by atoms with Gasteiger partial charge in [-0.15, -0.1) is 0 Å². The Labute approximate surface area is 73.7 Å². The lowest BCUT2D eigenvalue weighted by molar-refractivity contribution is -0.109. The Hall–Kier alpha value is -0.570. The molecular formula is C9H18N2O. The topological polar surface area (TPSA) is 55.1 Å². The minimum absolute atomic E-state index is 0.664. The van der Waals surface area contributed by atoms with Crippen molar-refractivity contribution in [2.45, 2.75) is 25.7 Å². The van der Waals surface area contributed by atoms with Crippen LogP contribution in [0.3, 0.4) is 0 Å². The lowest BCUT2D eigenvalue weighted by Crippen LogP contribution is -2.29. The second-order valence-electron chi connectivity index (χ2n) is 3.66. The van der Waals surface area contributed by atoms with Gasteiger partial charge in [-0.2, -0.15) is 0 Å². The van der Waals surface area contributed by atoms with Crippen molar-refractivity contribution in [2.24, 2.45) is 17.6 Å². The van der Waals surface area contributed by atoms with Crippen molar-refractivity contribution in [3.8, 4) is 0 Å². The van der Waals surface area contributed by atoms with Crippen LogP contribution in [0.15, 0.2) is 0 Å². The van der Waals surface area contributed by atoms with Crippen molar-refractivity contribution in [1.29, 1.82) is 0 Å². The molecule has 0 heterocycles. The van der Waals surface area contributed by atoms with Gasteiger partial charge in [0.1, 0.15) is 0 Å². The highest BCUT2D eigenvalue weighted by Gasteiger charge is 2.20. The molecule has 1 saturated carbocycles. The summed E-state index contributed by atoms with van der Waals surface area (Å²) in [6.07, 6.45) is 5.77. The maximum atomic E-state index is 10.1. The Morgan fingerprint density at radius 2 is 2.17 bits per heavy atom. The van der Waals surface area contributed by atoms with Gasteiger partial charge in [0.15, 0.2) is 0 Å². The Morgan fingerprint density at radius 1 is 1.42 bits per heavy atom. The number of hydrogen-bond acceptors (Lipinski definition) is 2. The van der Waals surface area contributed by atoms with E-state index in [4.69, 9.17) is 5.73 Å². The van der Waals surface area contributed by atoms with Crippen molar-refractivity contribution in [1.82, 2.24) is 5.32 Å². The first-order chi connectivity index (χ1) is 5.86. The summed E-state index contributed by atoms with van der Waals surface area (Å²) >= 11 is 0. The zero-order chi connectivity index (χ0) is 8.81. The van der Waals surface area contributed by atoms with E-state index < -0.39 is 0 Å². The number of hydrogen-bond donors (Lipinski definition) is 2. The first-order valence-corrected chi connectivity index (χ1v) is 4.74. The van der Waals surface area contributed by atoms with Gasteiger partial charge in [-0.1, -0.05) is 6.42 Å². The van der Waals surface area contributed by atoms with E-state index in [0.717, 1.165) is 19.5 Å². The normalized spacial score (nSPS) is 29.8. The molecule has 1 rings (SSSR count). The lowest BCUT2D eigenvalue weighted by Gasteiger charge is -2.27. The minimum Gasteiger partial charge on any atom is -0.358 e. The summed E-state index contributed by atoms with van der Waals surface area (Å²) < 4.78 is 0. The largest absolute Gasteiger partial charge is 0.358 e. The Kier molecular flexibility index (Phi) is 4.08. The molecule has 1 aliphatic carbocycles. The zero-order valence-electron chi connectivity index (χ0n) is 7.46. The third-order valence-electron chi connectivity index (χ3n) is 2.71. The fraction of sp³-hybridized carbons (Fsp3) is 0.889. The minimum atomic E-state index is 0.664. The highest BCUT2D eigenvalue weighted by atomic mass is 16.1. The van der Waals surface area contributed by atoms with E-state index in [1.54, 1.807) is 0 Å². The Balaban J connectivity index is 2.20. The van der Waals surface area contributed by atoms with E-state index in [1.165, 1.54) is 25.7 Å². The summed E-state index contributed by atoms with van der Waals surface area (Å²) in [4.78, 5) is 10.1. The smallest absolute Gasteiger partial charge is 0.207 e. The molecule has 3 N–H and O–H groups in total. The molecule has 0 aromatic rings. The van der Waals surface area contributed by atoms with Gasteiger partial charge >= 0.3 is 0 Å². The molecule has 1 aliphatic rings. The van der Waals surface area contributed by atoms with Crippen LogP contribution < -0.4 is 11.1 Å². The van der Waals surface area contributed by atoms with Crippen LogP contribution >= 0.6 is 0 Å². The van der Waals surface area contributed by atoms with E-state index >= 15 is 0 Å². The maximum Gasteiger partial charge on any atom is 0.207 e. The predicted molar refractivity (Wildman–Crippen MR) is 48.6 cm³/mol. The Morgan fingerprint density at radius 3 is 2.83 bits per heavy atom. The molecule has 3 nitrogen and oxygen atoms in total. The number of rotatable bonds is 4. The second kappa shape index (κ2) is 5.14. The number of carbonyl (C=O) groups is 1. The van der Waals surface area contributed by atoms with Crippen molar-refractivity contribution in [3.05, 3.63) is 0 Å². The number of amides is 1. The molecule has 12 heavy (non-hydrogen) atoms. The van der Waals surface area contributed by atoms with Crippen LogP contribution in [-0.2, 0) is 4.79 Å². The summed E-state index contributed by atoms with van der Waals surface area (Å²) in [5.41, 5.74) is 5.60. The van der Waals surface area contributed by atoms with Crippen LogP contribution in [-0.4, -0.2) is 19.5 Å². The molecule has 70 valence electrons. The standard InChI is InChI=1S/C9H18N2O/c10-5-8-2-1-3-9(4-8)6-11-7-12/h7-9H,1-6,10H2,(H,11,12). The highest BCUT2D eigenvalue weighted by Crippen LogP contribution is 2.27. The van der Waals surface area contributed by atoms with E-state index in [-0.39, 0.29) is 0 Å². The molecule has 2 unspecified atom stereocenters. The molecular weight excluding hydrogens is 152 g/mol. The van der Waals surface area contributed by atoms with Gasteiger partial charge in [-0.05, 0) is 37.6 Å². The first-order valence-electron chi connectivity index (χ1n) is 4.74. The van der Waals surface area contributed by atoms with E-state index in [0.29, 0.717) is 11.8 Å². The number of carbonyl (C=O) groups excluding carboxylic acids is 1. The molecule has 1 amide bonds. The average Bonchev–Trinajstić information content (AvgIpc) is 2.15. The van der Waals surface area contributed by atoms with Gasteiger partial charge in [-0.25, -0.2) is 0 Å². The van der Waals surface area contributed by atoms with E-state index in [9.17, 15) is 4.79 Å². The maximum absolute atomic E-state index is 10.1. The van der Waals surface area contributed by atoms with Crippen molar-refractivity contribution in [2.75, 3.05) is 13.1 Å². The number of nitrogens with two attached hydrogens (primary N) is 1. The third kappa shape index (κ3) is 2.81. The second-order valence-corrected chi connectivity index (χ2v) is 3.66. The number of nitrogens with one attached hydrogen (secondary N) is 1. The molecule has 3 heteroatoms. The van der Waals surface area contributed by atoms with Crippen molar-refractivity contribution >= 4 is 6.41 Å². The van der Waals surface area contributed by atoms with E-state index in [1.807, 2.05) is 0 Å². The molecule has 0 radical (unpaired) electrons. The molecule has 0 saturated heterocycles. The molecule has 0 spiro atoms. The summed E-state index contributed by atoms with van der Waals surface area (Å²) in [5.74, 6) is 1.36. The van der Waals surface area contributed by atoms with Crippen molar-refractivity contribution in [3.63, 3.8) is 0 Å². The molecule has 1 fully saturated rings. The van der Waals surface area contributed by atoms with Gasteiger partial charge in [0.25, 0.3) is 0 Å².